The molecule has 0 saturated carbocycles. The lowest BCUT2D eigenvalue weighted by atomic mass is 9.95. The van der Waals surface area contributed by atoms with Gasteiger partial charge in [0.15, 0.2) is 0 Å². The first-order valence-electron chi connectivity index (χ1n) is 11.1. The highest BCUT2D eigenvalue weighted by molar-refractivity contribution is 9.10. The largest absolute Gasteiger partial charge is 0.256 e. The second kappa shape index (κ2) is 8.73. The van der Waals surface area contributed by atoms with Crippen molar-refractivity contribution in [3.63, 3.8) is 0 Å². The summed E-state index contributed by atoms with van der Waals surface area (Å²) >= 11 is 3.54. The highest BCUT2D eigenvalue weighted by atomic mass is 79.9. The molecule has 6 rings (SSSR count). The molecule has 0 aliphatic rings. The molecule has 6 aromatic rings. The Balaban J connectivity index is 1.69. The molecule has 3 nitrogen and oxygen atoms in total. The summed E-state index contributed by atoms with van der Waals surface area (Å²) in [5, 5.41) is 6.18. The smallest absolute Gasteiger partial charge is 0.0934 e. The number of nitrogens with zero attached hydrogens (tertiary/aromatic N) is 3. The third kappa shape index (κ3) is 3.72. The first kappa shape index (κ1) is 20.6. The molecule has 0 radical (unpaired) electrons. The molecule has 4 heteroatoms. The van der Waals surface area contributed by atoms with E-state index in [0.29, 0.717) is 0 Å². The summed E-state index contributed by atoms with van der Waals surface area (Å²) in [5.74, 6) is 0. The lowest BCUT2D eigenvalue weighted by Gasteiger charge is -2.15. The summed E-state index contributed by atoms with van der Waals surface area (Å²) in [6.07, 6.45) is 1.98. The number of benzene rings is 4. The summed E-state index contributed by atoms with van der Waals surface area (Å²) < 4.78 is 3.09. The maximum Gasteiger partial charge on any atom is 0.0934 e. The van der Waals surface area contributed by atoms with Crippen LogP contribution in [-0.2, 0) is 0 Å². The number of rotatable bonds is 4. The molecule has 0 unspecified atom stereocenters. The summed E-state index contributed by atoms with van der Waals surface area (Å²) in [4.78, 5) is 4.79. The van der Waals surface area contributed by atoms with Crippen molar-refractivity contribution in [2.75, 3.05) is 0 Å². The van der Waals surface area contributed by atoms with Crippen molar-refractivity contribution in [3.8, 4) is 39.3 Å². The van der Waals surface area contributed by atoms with Crippen LogP contribution in [0.25, 0.3) is 50.2 Å². The number of pyridine rings is 1. The Morgan fingerprint density at radius 3 is 2.09 bits per heavy atom. The van der Waals surface area contributed by atoms with E-state index in [4.69, 9.17) is 10.1 Å². The Bertz CT molecular complexity index is 1590. The third-order valence-corrected chi connectivity index (χ3v) is 6.50. The molecular formula is C30H20BrN3. The van der Waals surface area contributed by atoms with Crippen molar-refractivity contribution in [2.45, 2.75) is 0 Å². The standard InChI is InChI=1S/C30H20BrN3/c31-23-17-15-22(16-18-23)28-19-29(34(33-28)24-11-5-2-6-12-24)30-25-13-7-8-14-27(25)32-20-26(30)21-9-3-1-4-10-21/h1-20H. The van der Waals surface area contributed by atoms with E-state index in [-0.39, 0.29) is 0 Å². The fourth-order valence-electron chi connectivity index (χ4n) is 4.34. The van der Waals surface area contributed by atoms with Crippen LogP contribution in [0.1, 0.15) is 0 Å². The number of para-hydroxylation sites is 2. The van der Waals surface area contributed by atoms with Crippen LogP contribution in [0.3, 0.4) is 0 Å². The lowest BCUT2D eigenvalue weighted by molar-refractivity contribution is 0.892. The van der Waals surface area contributed by atoms with Crippen LogP contribution in [-0.4, -0.2) is 14.8 Å². The summed E-state index contributed by atoms with van der Waals surface area (Å²) in [6.45, 7) is 0. The summed E-state index contributed by atoms with van der Waals surface area (Å²) in [5.41, 5.74) is 8.33. The molecule has 0 N–H and O–H groups in total. The topological polar surface area (TPSA) is 30.7 Å². The van der Waals surface area contributed by atoms with Crippen molar-refractivity contribution in [1.82, 2.24) is 14.8 Å². The Hall–Kier alpha value is -4.02. The molecule has 0 saturated heterocycles. The second-order valence-corrected chi connectivity index (χ2v) is 9.01. The van der Waals surface area contributed by atoms with Gasteiger partial charge < -0.3 is 0 Å². The first-order chi connectivity index (χ1) is 16.8. The van der Waals surface area contributed by atoms with Gasteiger partial charge in [-0.2, -0.15) is 5.10 Å². The molecule has 0 aliphatic heterocycles. The average Bonchev–Trinajstić information content (AvgIpc) is 3.34. The molecule has 2 heterocycles. The van der Waals surface area contributed by atoms with Gasteiger partial charge in [0.2, 0.25) is 0 Å². The molecule has 0 bridgehead atoms. The zero-order chi connectivity index (χ0) is 22.9. The number of hydrogen-bond acceptors (Lipinski definition) is 2. The van der Waals surface area contributed by atoms with E-state index in [1.165, 1.54) is 0 Å². The molecule has 0 atom stereocenters. The lowest BCUT2D eigenvalue weighted by Crippen LogP contribution is -2.01. The van der Waals surface area contributed by atoms with Crippen LogP contribution in [0.5, 0.6) is 0 Å². The van der Waals surface area contributed by atoms with Crippen molar-refractivity contribution in [2.24, 2.45) is 0 Å². The minimum atomic E-state index is 0.922. The Morgan fingerprint density at radius 1 is 0.647 bits per heavy atom. The summed E-state index contributed by atoms with van der Waals surface area (Å²) in [6, 6.07) is 39.5. The Morgan fingerprint density at radius 2 is 1.32 bits per heavy atom. The molecule has 34 heavy (non-hydrogen) atoms. The molecular weight excluding hydrogens is 482 g/mol. The maximum atomic E-state index is 5.08. The van der Waals surface area contributed by atoms with Crippen molar-refractivity contribution in [3.05, 3.63) is 126 Å². The summed E-state index contributed by atoms with van der Waals surface area (Å²) in [7, 11) is 0. The average molecular weight is 502 g/mol. The number of fused-ring (bicyclic) bond motifs is 1. The molecule has 0 fully saturated rings. The van der Waals surface area contributed by atoms with Gasteiger partial charge in [-0.05, 0) is 42.0 Å². The van der Waals surface area contributed by atoms with Crippen molar-refractivity contribution >= 4 is 26.8 Å². The van der Waals surface area contributed by atoms with E-state index < -0.39 is 0 Å². The minimum absolute atomic E-state index is 0.922. The van der Waals surface area contributed by atoms with Crippen LogP contribution in [0, 0.1) is 0 Å². The third-order valence-electron chi connectivity index (χ3n) is 5.97. The fraction of sp³-hybridized carbons (Fsp3) is 0. The van der Waals surface area contributed by atoms with E-state index >= 15 is 0 Å². The van der Waals surface area contributed by atoms with Gasteiger partial charge in [-0.25, -0.2) is 4.68 Å². The van der Waals surface area contributed by atoms with E-state index in [9.17, 15) is 0 Å². The van der Waals surface area contributed by atoms with Crippen LogP contribution in [0.2, 0.25) is 0 Å². The van der Waals surface area contributed by atoms with Crippen LogP contribution in [0.15, 0.2) is 126 Å². The van der Waals surface area contributed by atoms with Gasteiger partial charge in [0.25, 0.3) is 0 Å². The highest BCUT2D eigenvalue weighted by Crippen LogP contribution is 2.39. The van der Waals surface area contributed by atoms with Gasteiger partial charge in [0, 0.05) is 32.7 Å². The van der Waals surface area contributed by atoms with Gasteiger partial charge in [-0.15, -0.1) is 0 Å². The first-order valence-corrected chi connectivity index (χ1v) is 11.9. The number of aromatic nitrogens is 3. The fourth-order valence-corrected chi connectivity index (χ4v) is 4.61. The van der Waals surface area contributed by atoms with Crippen LogP contribution < -0.4 is 0 Å². The Kier molecular flexibility index (Phi) is 5.28. The van der Waals surface area contributed by atoms with Crippen LogP contribution >= 0.6 is 15.9 Å². The molecule has 2 aromatic heterocycles. The SMILES string of the molecule is Brc1ccc(-c2cc(-c3c(-c4ccccc4)cnc4ccccc34)n(-c3ccccc3)n2)cc1. The van der Waals surface area contributed by atoms with Gasteiger partial charge in [0.05, 0.1) is 22.6 Å². The zero-order valence-corrected chi connectivity index (χ0v) is 19.9. The van der Waals surface area contributed by atoms with Gasteiger partial charge >= 0.3 is 0 Å². The quantitative estimate of drug-likeness (QED) is 0.243. The second-order valence-electron chi connectivity index (χ2n) is 8.10. The predicted octanol–water partition coefficient (Wildman–Crippen LogP) is 8.18. The van der Waals surface area contributed by atoms with E-state index in [1.807, 2.05) is 53.3 Å². The molecule has 0 amide bonds. The van der Waals surface area contributed by atoms with Crippen molar-refractivity contribution < 1.29 is 0 Å². The van der Waals surface area contributed by atoms with E-state index in [1.54, 1.807) is 0 Å². The number of halogens is 1. The molecule has 4 aromatic carbocycles. The van der Waals surface area contributed by atoms with Gasteiger partial charge in [-0.1, -0.05) is 94.8 Å². The monoisotopic (exact) mass is 501 g/mol. The van der Waals surface area contributed by atoms with E-state index in [0.717, 1.165) is 54.7 Å². The minimum Gasteiger partial charge on any atom is -0.256 e. The molecule has 0 spiro atoms. The van der Waals surface area contributed by atoms with Crippen LogP contribution in [0.4, 0.5) is 0 Å². The molecule has 0 aliphatic carbocycles. The van der Waals surface area contributed by atoms with Crippen molar-refractivity contribution in [1.29, 1.82) is 0 Å². The van der Waals surface area contributed by atoms with Gasteiger partial charge in [-0.3, -0.25) is 4.98 Å². The normalized spacial score (nSPS) is 11.1. The maximum absolute atomic E-state index is 5.08. The molecule has 162 valence electrons. The van der Waals surface area contributed by atoms with Gasteiger partial charge in [0.1, 0.15) is 0 Å². The number of hydrogen-bond donors (Lipinski definition) is 0. The predicted molar refractivity (Wildman–Crippen MR) is 143 cm³/mol. The van der Waals surface area contributed by atoms with E-state index in [2.05, 4.69) is 88.7 Å². The highest BCUT2D eigenvalue weighted by Gasteiger charge is 2.20. The Labute approximate surface area is 206 Å². The zero-order valence-electron chi connectivity index (χ0n) is 18.3.